The molecule has 0 bridgehead atoms. The van der Waals surface area contributed by atoms with Crippen molar-refractivity contribution in [2.24, 2.45) is 5.73 Å². The number of hydrogen-bond donors (Lipinski definition) is 2. The van der Waals surface area contributed by atoms with Crippen molar-refractivity contribution in [1.29, 1.82) is 0 Å². The van der Waals surface area contributed by atoms with Crippen molar-refractivity contribution in [2.75, 3.05) is 46.3 Å². The molecule has 1 saturated heterocycles. The van der Waals surface area contributed by atoms with Crippen molar-refractivity contribution in [3.8, 4) is 0 Å². The van der Waals surface area contributed by atoms with Gasteiger partial charge in [0.05, 0.1) is 6.04 Å². The zero-order valence-corrected chi connectivity index (χ0v) is 11.1. The van der Waals surface area contributed by atoms with Gasteiger partial charge in [-0.05, 0) is 39.5 Å². The van der Waals surface area contributed by atoms with Gasteiger partial charge in [0.25, 0.3) is 0 Å². The van der Waals surface area contributed by atoms with Crippen LogP contribution >= 0.6 is 0 Å². The van der Waals surface area contributed by atoms with Gasteiger partial charge in [0.15, 0.2) is 0 Å². The Morgan fingerprint density at radius 3 is 2.76 bits per heavy atom. The average Bonchev–Trinajstić information content (AvgIpc) is 2.49. The van der Waals surface area contributed by atoms with E-state index in [1.165, 1.54) is 0 Å². The normalized spacial score (nSPS) is 21.1. The average molecular weight is 242 g/mol. The van der Waals surface area contributed by atoms with Crippen LogP contribution in [-0.2, 0) is 4.79 Å². The Labute approximate surface area is 104 Å². The minimum atomic E-state index is -0.240. The summed E-state index contributed by atoms with van der Waals surface area (Å²) < 4.78 is 0. The van der Waals surface area contributed by atoms with Crippen molar-refractivity contribution in [2.45, 2.75) is 25.8 Å². The van der Waals surface area contributed by atoms with Crippen LogP contribution in [0.25, 0.3) is 0 Å². The third kappa shape index (κ3) is 5.48. The zero-order chi connectivity index (χ0) is 12.7. The molecule has 5 heteroatoms. The zero-order valence-electron chi connectivity index (χ0n) is 11.1. The fourth-order valence-corrected chi connectivity index (χ4v) is 2.11. The molecule has 1 aliphatic heterocycles. The molecule has 1 aliphatic rings. The van der Waals surface area contributed by atoms with E-state index >= 15 is 0 Å². The number of primary amides is 1. The first-order valence-corrected chi connectivity index (χ1v) is 6.57. The molecule has 3 N–H and O–H groups in total. The number of likely N-dealkylation sites (N-methyl/N-ethyl adjacent to an activating group) is 1. The van der Waals surface area contributed by atoms with Gasteiger partial charge < -0.3 is 16.0 Å². The molecule has 1 atom stereocenters. The summed E-state index contributed by atoms with van der Waals surface area (Å²) in [7, 11) is 2.14. The highest BCUT2D eigenvalue weighted by molar-refractivity contribution is 5.80. The van der Waals surface area contributed by atoms with Crippen LogP contribution in [0, 0.1) is 0 Å². The van der Waals surface area contributed by atoms with E-state index in [0.717, 1.165) is 52.1 Å². The number of rotatable bonds is 6. The molecule has 0 aromatic carbocycles. The molecule has 1 unspecified atom stereocenters. The summed E-state index contributed by atoms with van der Waals surface area (Å²) in [5.41, 5.74) is 5.42. The molecule has 1 rings (SSSR count). The summed E-state index contributed by atoms with van der Waals surface area (Å²) in [6.45, 7) is 7.96. The first kappa shape index (κ1) is 14.4. The van der Waals surface area contributed by atoms with Crippen molar-refractivity contribution in [3.63, 3.8) is 0 Å². The Bertz CT molecular complexity index is 235. The lowest BCUT2D eigenvalue weighted by molar-refractivity contribution is -0.120. The summed E-state index contributed by atoms with van der Waals surface area (Å²) >= 11 is 0. The maximum absolute atomic E-state index is 11.4. The second-order valence-electron chi connectivity index (χ2n) is 4.87. The Morgan fingerprint density at radius 2 is 2.12 bits per heavy atom. The number of carbonyl (C=O) groups excluding carboxylic acids is 1. The van der Waals surface area contributed by atoms with Crippen LogP contribution in [0.15, 0.2) is 0 Å². The minimum absolute atomic E-state index is 0.210. The Hall–Kier alpha value is -0.650. The Kier molecular flexibility index (Phi) is 6.47. The van der Waals surface area contributed by atoms with Gasteiger partial charge in [-0.25, -0.2) is 0 Å². The molecule has 0 radical (unpaired) electrons. The van der Waals surface area contributed by atoms with E-state index in [0.29, 0.717) is 0 Å². The van der Waals surface area contributed by atoms with Gasteiger partial charge in [0, 0.05) is 19.6 Å². The monoisotopic (exact) mass is 242 g/mol. The van der Waals surface area contributed by atoms with Gasteiger partial charge in [-0.15, -0.1) is 0 Å². The highest BCUT2D eigenvalue weighted by atomic mass is 16.1. The van der Waals surface area contributed by atoms with E-state index < -0.39 is 0 Å². The van der Waals surface area contributed by atoms with E-state index in [2.05, 4.69) is 29.1 Å². The summed E-state index contributed by atoms with van der Waals surface area (Å²) in [6, 6.07) is -0.210. The standard InChI is InChI=1S/C12H26N4O/c1-3-5-14-11(12(13)17)10-16-7-4-6-15(2)8-9-16/h11,14H,3-10H2,1-2H3,(H2,13,17). The van der Waals surface area contributed by atoms with E-state index in [9.17, 15) is 4.79 Å². The highest BCUT2D eigenvalue weighted by Gasteiger charge is 2.20. The van der Waals surface area contributed by atoms with Gasteiger partial charge in [0.1, 0.15) is 0 Å². The predicted octanol–water partition coefficient (Wildman–Crippen LogP) is -0.523. The lowest BCUT2D eigenvalue weighted by atomic mass is 10.2. The molecule has 5 nitrogen and oxygen atoms in total. The fourth-order valence-electron chi connectivity index (χ4n) is 2.11. The van der Waals surface area contributed by atoms with E-state index in [1.807, 2.05) is 0 Å². The van der Waals surface area contributed by atoms with Crippen LogP contribution in [0.1, 0.15) is 19.8 Å². The lowest BCUT2D eigenvalue weighted by Crippen LogP contribution is -2.50. The number of amides is 1. The first-order chi connectivity index (χ1) is 8.13. The van der Waals surface area contributed by atoms with Gasteiger partial charge in [-0.3, -0.25) is 9.69 Å². The van der Waals surface area contributed by atoms with Crippen LogP contribution in [0.4, 0.5) is 0 Å². The van der Waals surface area contributed by atoms with E-state index in [1.54, 1.807) is 0 Å². The molecule has 1 heterocycles. The van der Waals surface area contributed by atoms with E-state index in [4.69, 9.17) is 5.73 Å². The number of carbonyl (C=O) groups is 1. The molecule has 17 heavy (non-hydrogen) atoms. The SMILES string of the molecule is CCCNC(CN1CCCN(C)CC1)C(N)=O. The third-order valence-corrected chi connectivity index (χ3v) is 3.24. The number of nitrogens with two attached hydrogens (primary N) is 1. The van der Waals surface area contributed by atoms with Gasteiger partial charge >= 0.3 is 0 Å². The second kappa shape index (κ2) is 7.63. The molecular formula is C12H26N4O. The lowest BCUT2D eigenvalue weighted by Gasteiger charge is -2.25. The quantitative estimate of drug-likeness (QED) is 0.658. The largest absolute Gasteiger partial charge is 0.368 e. The molecule has 1 amide bonds. The van der Waals surface area contributed by atoms with Crippen molar-refractivity contribution >= 4 is 5.91 Å². The van der Waals surface area contributed by atoms with Crippen molar-refractivity contribution in [3.05, 3.63) is 0 Å². The number of nitrogens with one attached hydrogen (secondary N) is 1. The maximum Gasteiger partial charge on any atom is 0.235 e. The molecule has 1 fully saturated rings. The molecule has 0 aromatic heterocycles. The molecule has 0 saturated carbocycles. The minimum Gasteiger partial charge on any atom is -0.368 e. The highest BCUT2D eigenvalue weighted by Crippen LogP contribution is 2.02. The fraction of sp³-hybridized carbons (Fsp3) is 0.917. The third-order valence-electron chi connectivity index (χ3n) is 3.24. The van der Waals surface area contributed by atoms with Gasteiger partial charge in [-0.2, -0.15) is 0 Å². The Balaban J connectivity index is 2.39. The first-order valence-electron chi connectivity index (χ1n) is 6.57. The van der Waals surface area contributed by atoms with Gasteiger partial charge in [-0.1, -0.05) is 6.92 Å². The van der Waals surface area contributed by atoms with Crippen molar-refractivity contribution < 1.29 is 4.79 Å². The second-order valence-corrected chi connectivity index (χ2v) is 4.87. The number of hydrogen-bond acceptors (Lipinski definition) is 4. The molecule has 0 aliphatic carbocycles. The predicted molar refractivity (Wildman–Crippen MR) is 69.8 cm³/mol. The smallest absolute Gasteiger partial charge is 0.235 e. The van der Waals surface area contributed by atoms with Crippen LogP contribution in [0.5, 0.6) is 0 Å². The summed E-state index contributed by atoms with van der Waals surface area (Å²) in [5, 5.41) is 3.22. The summed E-state index contributed by atoms with van der Waals surface area (Å²) in [4.78, 5) is 16.0. The van der Waals surface area contributed by atoms with Crippen LogP contribution < -0.4 is 11.1 Å². The molecule has 0 spiro atoms. The molecular weight excluding hydrogens is 216 g/mol. The summed E-state index contributed by atoms with van der Waals surface area (Å²) in [6.07, 6.45) is 2.18. The Morgan fingerprint density at radius 1 is 1.35 bits per heavy atom. The van der Waals surface area contributed by atoms with Crippen LogP contribution in [0.3, 0.4) is 0 Å². The van der Waals surface area contributed by atoms with Gasteiger partial charge in [0.2, 0.25) is 5.91 Å². The molecule has 0 aromatic rings. The van der Waals surface area contributed by atoms with Crippen molar-refractivity contribution in [1.82, 2.24) is 15.1 Å². The van der Waals surface area contributed by atoms with Crippen LogP contribution in [-0.4, -0.2) is 68.1 Å². The summed E-state index contributed by atoms with van der Waals surface area (Å²) in [5.74, 6) is -0.240. The van der Waals surface area contributed by atoms with E-state index in [-0.39, 0.29) is 11.9 Å². The molecule has 100 valence electrons. The van der Waals surface area contributed by atoms with Crippen LogP contribution in [0.2, 0.25) is 0 Å². The maximum atomic E-state index is 11.4. The number of nitrogens with zero attached hydrogens (tertiary/aromatic N) is 2. The topological polar surface area (TPSA) is 61.6 Å².